The van der Waals surface area contributed by atoms with Crippen LogP contribution in [0.1, 0.15) is 5.76 Å². The van der Waals surface area contributed by atoms with Crippen LogP contribution in [0.15, 0.2) is 29.0 Å². The van der Waals surface area contributed by atoms with Crippen LogP contribution in [-0.4, -0.2) is 9.97 Å². The van der Waals surface area contributed by atoms with Crippen LogP contribution >= 0.6 is 11.6 Å². The third kappa shape index (κ3) is 2.41. The number of hydrogen-bond acceptors (Lipinski definition) is 6. The van der Waals surface area contributed by atoms with Crippen LogP contribution in [0, 0.1) is 0 Å². The first-order valence-electron chi connectivity index (χ1n) is 4.55. The number of nitrogen functional groups attached to an aromatic ring is 1. The zero-order valence-electron chi connectivity index (χ0n) is 8.27. The van der Waals surface area contributed by atoms with E-state index < -0.39 is 0 Å². The molecule has 84 valence electrons. The van der Waals surface area contributed by atoms with E-state index in [0.29, 0.717) is 23.3 Å². The van der Waals surface area contributed by atoms with Crippen molar-refractivity contribution >= 4 is 23.4 Å². The average Bonchev–Trinajstić information content (AvgIpc) is 2.81. The number of furan rings is 1. The quantitative estimate of drug-likeness (QED) is 0.555. The summed E-state index contributed by atoms with van der Waals surface area (Å²) in [4.78, 5) is 7.92. The summed E-state index contributed by atoms with van der Waals surface area (Å²) in [5.74, 6) is 6.78. The molecule has 0 aliphatic rings. The molecule has 16 heavy (non-hydrogen) atoms. The Hall–Kier alpha value is -1.79. The fourth-order valence-corrected chi connectivity index (χ4v) is 1.30. The molecule has 0 amide bonds. The number of halogens is 1. The summed E-state index contributed by atoms with van der Waals surface area (Å²) in [5, 5.41) is 3.44. The zero-order valence-corrected chi connectivity index (χ0v) is 9.03. The molecular weight excluding hydrogens is 230 g/mol. The van der Waals surface area contributed by atoms with E-state index in [9.17, 15) is 0 Å². The number of nitrogens with one attached hydrogen (secondary N) is 2. The molecule has 0 radical (unpaired) electrons. The first-order valence-corrected chi connectivity index (χ1v) is 4.93. The maximum absolute atomic E-state index is 5.91. The van der Waals surface area contributed by atoms with Gasteiger partial charge in [0.25, 0.3) is 0 Å². The highest BCUT2D eigenvalue weighted by Crippen LogP contribution is 2.19. The molecule has 0 aliphatic carbocycles. The highest BCUT2D eigenvalue weighted by Gasteiger charge is 2.05. The number of nitrogens with two attached hydrogens (primary N) is 1. The zero-order chi connectivity index (χ0) is 11.4. The lowest BCUT2D eigenvalue weighted by Crippen LogP contribution is -2.12. The third-order valence-electron chi connectivity index (χ3n) is 1.88. The Morgan fingerprint density at radius 1 is 1.50 bits per heavy atom. The summed E-state index contributed by atoms with van der Waals surface area (Å²) >= 11 is 5.91. The van der Waals surface area contributed by atoms with Crippen molar-refractivity contribution in [3.8, 4) is 0 Å². The molecule has 0 fully saturated rings. The molecule has 7 heteroatoms. The molecule has 0 saturated carbocycles. The predicted molar refractivity (Wildman–Crippen MR) is 60.9 cm³/mol. The van der Waals surface area contributed by atoms with Crippen molar-refractivity contribution in [2.24, 2.45) is 5.84 Å². The van der Waals surface area contributed by atoms with Gasteiger partial charge in [0.2, 0.25) is 5.95 Å². The number of aromatic nitrogens is 2. The predicted octanol–water partition coefficient (Wildman–Crippen LogP) is 1.62. The van der Waals surface area contributed by atoms with Crippen LogP contribution in [0.3, 0.4) is 0 Å². The van der Waals surface area contributed by atoms with Gasteiger partial charge in [-0.3, -0.25) is 5.43 Å². The molecule has 4 N–H and O–H groups in total. The van der Waals surface area contributed by atoms with Crippen LogP contribution in [-0.2, 0) is 6.54 Å². The van der Waals surface area contributed by atoms with Crippen molar-refractivity contribution in [3.63, 3.8) is 0 Å². The molecule has 0 atom stereocenters. The topological polar surface area (TPSA) is 89.0 Å². The van der Waals surface area contributed by atoms with E-state index in [1.54, 1.807) is 6.26 Å². The highest BCUT2D eigenvalue weighted by molar-refractivity contribution is 6.32. The largest absolute Gasteiger partial charge is 0.467 e. The van der Waals surface area contributed by atoms with Crippen LogP contribution in [0.4, 0.5) is 11.8 Å². The maximum Gasteiger partial charge on any atom is 0.239 e. The Bertz CT molecular complexity index is 459. The molecular formula is C9H10ClN5O. The molecule has 0 saturated heterocycles. The van der Waals surface area contributed by atoms with Gasteiger partial charge in [0.1, 0.15) is 10.8 Å². The molecule has 0 unspecified atom stereocenters. The summed E-state index contributed by atoms with van der Waals surface area (Å²) in [6.45, 7) is 0.494. The van der Waals surface area contributed by atoms with Crippen LogP contribution in [0.5, 0.6) is 0 Å². The lowest BCUT2D eigenvalue weighted by molar-refractivity contribution is 0.518. The van der Waals surface area contributed by atoms with E-state index in [1.165, 1.54) is 6.20 Å². The van der Waals surface area contributed by atoms with Gasteiger partial charge in [-0.25, -0.2) is 10.8 Å². The summed E-state index contributed by atoms with van der Waals surface area (Å²) < 4.78 is 5.16. The van der Waals surface area contributed by atoms with E-state index in [4.69, 9.17) is 21.9 Å². The number of rotatable bonds is 4. The summed E-state index contributed by atoms with van der Waals surface area (Å²) in [6.07, 6.45) is 3.07. The van der Waals surface area contributed by atoms with Crippen LogP contribution < -0.4 is 16.6 Å². The van der Waals surface area contributed by atoms with Gasteiger partial charge < -0.3 is 9.73 Å². The highest BCUT2D eigenvalue weighted by atomic mass is 35.5. The summed E-state index contributed by atoms with van der Waals surface area (Å²) in [5.41, 5.74) is 2.34. The molecule has 6 nitrogen and oxygen atoms in total. The van der Waals surface area contributed by atoms with Crippen LogP contribution in [0.25, 0.3) is 0 Å². The summed E-state index contributed by atoms with van der Waals surface area (Å²) in [7, 11) is 0. The molecule has 2 rings (SSSR count). The van der Waals surface area contributed by atoms with Crippen molar-refractivity contribution in [2.45, 2.75) is 6.54 Å². The molecule has 0 aromatic carbocycles. The van der Waals surface area contributed by atoms with E-state index in [0.717, 1.165) is 5.76 Å². The second-order valence-corrected chi connectivity index (χ2v) is 3.37. The third-order valence-corrected chi connectivity index (χ3v) is 2.16. The van der Waals surface area contributed by atoms with Crippen molar-refractivity contribution in [2.75, 3.05) is 10.7 Å². The van der Waals surface area contributed by atoms with Gasteiger partial charge in [0, 0.05) is 0 Å². The molecule has 0 spiro atoms. The number of anilines is 2. The van der Waals surface area contributed by atoms with Gasteiger partial charge in [-0.15, -0.1) is 0 Å². The first-order chi connectivity index (χ1) is 7.79. The van der Waals surface area contributed by atoms with E-state index in [-0.39, 0.29) is 0 Å². The monoisotopic (exact) mass is 239 g/mol. The van der Waals surface area contributed by atoms with Gasteiger partial charge in [-0.2, -0.15) is 4.98 Å². The Morgan fingerprint density at radius 2 is 2.38 bits per heavy atom. The van der Waals surface area contributed by atoms with Gasteiger partial charge in [-0.1, -0.05) is 11.6 Å². The smallest absolute Gasteiger partial charge is 0.239 e. The lowest BCUT2D eigenvalue weighted by atomic mass is 10.4. The molecule has 2 heterocycles. The van der Waals surface area contributed by atoms with Gasteiger partial charge >= 0.3 is 0 Å². The molecule has 2 aromatic heterocycles. The number of nitrogens with zero attached hydrogens (tertiary/aromatic N) is 2. The Labute approximate surface area is 96.8 Å². The molecule has 0 aliphatic heterocycles. The minimum absolute atomic E-state index is 0.298. The maximum atomic E-state index is 5.91. The second kappa shape index (κ2) is 4.82. The number of hydrogen-bond donors (Lipinski definition) is 3. The standard InChI is InChI=1S/C9H10ClN5O/c10-7-5-13-9(15-11)14-8(7)12-4-6-2-1-3-16-6/h1-3,5H,4,11H2,(H2,12,13,14,15). The van der Waals surface area contributed by atoms with Crippen LogP contribution in [0.2, 0.25) is 5.02 Å². The molecule has 2 aromatic rings. The Kier molecular flexibility index (Phi) is 3.23. The second-order valence-electron chi connectivity index (χ2n) is 2.97. The van der Waals surface area contributed by atoms with Gasteiger partial charge in [0.05, 0.1) is 19.0 Å². The Morgan fingerprint density at radius 3 is 3.06 bits per heavy atom. The van der Waals surface area contributed by atoms with E-state index in [2.05, 4.69) is 20.7 Å². The molecule has 0 bridgehead atoms. The average molecular weight is 240 g/mol. The van der Waals surface area contributed by atoms with E-state index >= 15 is 0 Å². The Balaban J connectivity index is 2.08. The minimum Gasteiger partial charge on any atom is -0.467 e. The lowest BCUT2D eigenvalue weighted by Gasteiger charge is -2.06. The van der Waals surface area contributed by atoms with Crippen molar-refractivity contribution < 1.29 is 4.42 Å². The first kappa shape index (κ1) is 10.7. The van der Waals surface area contributed by atoms with Gasteiger partial charge in [0.15, 0.2) is 5.82 Å². The van der Waals surface area contributed by atoms with Gasteiger partial charge in [-0.05, 0) is 12.1 Å². The SMILES string of the molecule is NNc1ncc(Cl)c(NCc2ccco2)n1. The normalized spacial score (nSPS) is 10.1. The fraction of sp³-hybridized carbons (Fsp3) is 0.111. The van der Waals surface area contributed by atoms with Crippen molar-refractivity contribution in [3.05, 3.63) is 35.4 Å². The van der Waals surface area contributed by atoms with Crippen molar-refractivity contribution in [1.82, 2.24) is 9.97 Å². The summed E-state index contributed by atoms with van der Waals surface area (Å²) in [6, 6.07) is 3.66. The number of hydrazine groups is 1. The fourth-order valence-electron chi connectivity index (χ4n) is 1.14. The van der Waals surface area contributed by atoms with Crippen molar-refractivity contribution in [1.29, 1.82) is 0 Å². The van der Waals surface area contributed by atoms with E-state index in [1.807, 2.05) is 12.1 Å². The minimum atomic E-state index is 0.298.